The van der Waals surface area contributed by atoms with Gasteiger partial charge in [-0.2, -0.15) is 5.10 Å². The molecule has 0 aliphatic heterocycles. The highest BCUT2D eigenvalue weighted by atomic mass is 79.9. The minimum absolute atomic E-state index is 0.440. The van der Waals surface area contributed by atoms with E-state index in [1.807, 2.05) is 0 Å². The van der Waals surface area contributed by atoms with E-state index in [0.717, 1.165) is 4.47 Å². The molecule has 0 radical (unpaired) electrons. The van der Waals surface area contributed by atoms with Crippen molar-refractivity contribution in [3.05, 3.63) is 37.6 Å². The molecule has 0 saturated carbocycles. The van der Waals surface area contributed by atoms with Crippen LogP contribution < -0.4 is 11.2 Å². The summed E-state index contributed by atoms with van der Waals surface area (Å²) in [6.45, 7) is 0. The zero-order valence-electron chi connectivity index (χ0n) is 8.82. The first-order valence-corrected chi connectivity index (χ1v) is 7.14. The summed E-state index contributed by atoms with van der Waals surface area (Å²) in [6.07, 6.45) is 1.57. The van der Waals surface area contributed by atoms with Crippen LogP contribution in [0, 0.1) is 0 Å². The number of anilines is 2. The number of rotatable bonds is 3. The Morgan fingerprint density at radius 2 is 2.17 bits per heavy atom. The second-order valence-electron chi connectivity index (χ2n) is 3.21. The monoisotopic (exact) mass is 364 g/mol. The summed E-state index contributed by atoms with van der Waals surface area (Å²) < 4.78 is 0.743. The molecule has 1 heterocycles. The molecule has 0 amide bonds. The number of aromatic nitrogens is 1. The third-order valence-corrected chi connectivity index (χ3v) is 4.50. The molecule has 2 aromatic rings. The summed E-state index contributed by atoms with van der Waals surface area (Å²) in [4.78, 5) is 4.00. The van der Waals surface area contributed by atoms with Crippen LogP contribution in [0.1, 0.15) is 5.56 Å². The lowest BCUT2D eigenvalue weighted by Gasteiger charge is -2.02. The van der Waals surface area contributed by atoms with Crippen LogP contribution in [0.4, 0.5) is 10.9 Å². The Bertz CT molecular complexity index is 600. The number of hydrazone groups is 1. The molecule has 0 atom stereocenters. The molecule has 2 rings (SSSR count). The van der Waals surface area contributed by atoms with Gasteiger partial charge in [0.1, 0.15) is 5.82 Å². The predicted octanol–water partition coefficient (Wildman–Crippen LogP) is 4.24. The van der Waals surface area contributed by atoms with Gasteiger partial charge in [0.25, 0.3) is 0 Å². The van der Waals surface area contributed by atoms with E-state index in [2.05, 4.69) is 31.4 Å². The first kappa shape index (κ1) is 13.6. The first-order valence-electron chi connectivity index (χ1n) is 4.71. The van der Waals surface area contributed by atoms with Gasteiger partial charge >= 0.3 is 0 Å². The number of nitrogens with zero attached hydrogens (tertiary/aromatic N) is 2. The highest BCUT2D eigenvalue weighted by Gasteiger charge is 2.06. The Balaban J connectivity index is 2.12. The number of thiazole rings is 1. The Morgan fingerprint density at radius 3 is 2.83 bits per heavy atom. The van der Waals surface area contributed by atoms with Crippen molar-refractivity contribution in [1.29, 1.82) is 0 Å². The molecule has 1 aromatic heterocycles. The van der Waals surface area contributed by atoms with Crippen LogP contribution in [-0.2, 0) is 0 Å². The smallest absolute Gasteiger partial charge is 0.205 e. The van der Waals surface area contributed by atoms with Crippen molar-refractivity contribution in [3.63, 3.8) is 0 Å². The number of nitrogens with two attached hydrogens (primary N) is 1. The summed E-state index contributed by atoms with van der Waals surface area (Å²) in [7, 11) is 0. The fourth-order valence-corrected chi connectivity index (χ4v) is 2.51. The van der Waals surface area contributed by atoms with Gasteiger partial charge in [0, 0.05) is 15.4 Å². The van der Waals surface area contributed by atoms with Gasteiger partial charge in [-0.25, -0.2) is 4.98 Å². The van der Waals surface area contributed by atoms with E-state index in [4.69, 9.17) is 28.9 Å². The van der Waals surface area contributed by atoms with Gasteiger partial charge in [0.2, 0.25) is 5.13 Å². The lowest BCUT2D eigenvalue weighted by molar-refractivity contribution is 1.29. The van der Waals surface area contributed by atoms with Crippen molar-refractivity contribution in [2.45, 2.75) is 0 Å². The van der Waals surface area contributed by atoms with E-state index >= 15 is 0 Å². The Kier molecular flexibility index (Phi) is 4.45. The summed E-state index contributed by atoms with van der Waals surface area (Å²) in [6, 6.07) is 3.61. The van der Waals surface area contributed by atoms with Gasteiger partial charge in [0.15, 0.2) is 0 Å². The van der Waals surface area contributed by atoms with Crippen molar-refractivity contribution >= 4 is 67.6 Å². The molecule has 4 nitrogen and oxygen atoms in total. The van der Waals surface area contributed by atoms with Crippen LogP contribution >= 0.6 is 50.5 Å². The molecule has 8 heteroatoms. The highest BCUT2D eigenvalue weighted by Crippen LogP contribution is 2.32. The van der Waals surface area contributed by atoms with Crippen molar-refractivity contribution in [2.24, 2.45) is 5.10 Å². The molecule has 0 unspecified atom stereocenters. The van der Waals surface area contributed by atoms with E-state index in [9.17, 15) is 0 Å². The molecule has 0 aliphatic rings. The maximum Gasteiger partial charge on any atom is 0.205 e. The molecular weight excluding hydrogens is 359 g/mol. The average molecular weight is 366 g/mol. The number of nitrogens with one attached hydrogen (secondary N) is 1. The zero-order valence-corrected chi connectivity index (χ0v) is 12.7. The number of halogens is 3. The number of nitrogen functional groups attached to an aromatic ring is 1. The molecule has 1 aromatic carbocycles. The molecule has 94 valence electrons. The van der Waals surface area contributed by atoms with Crippen LogP contribution in [0.25, 0.3) is 0 Å². The molecule has 0 saturated heterocycles. The molecule has 0 bridgehead atoms. The van der Waals surface area contributed by atoms with Gasteiger partial charge in [-0.05, 0) is 22.0 Å². The SMILES string of the molecule is Nc1csc(NN=Cc2ccc(Br)c(Cl)c2Cl)n1. The molecule has 18 heavy (non-hydrogen) atoms. The minimum Gasteiger partial charge on any atom is -0.383 e. The van der Waals surface area contributed by atoms with Crippen LogP contribution in [0.5, 0.6) is 0 Å². The van der Waals surface area contributed by atoms with Gasteiger partial charge in [-0.1, -0.05) is 29.3 Å². The van der Waals surface area contributed by atoms with Gasteiger partial charge in [-0.3, -0.25) is 5.43 Å². The summed E-state index contributed by atoms with van der Waals surface area (Å²) in [5.41, 5.74) is 8.95. The lowest BCUT2D eigenvalue weighted by atomic mass is 10.2. The third-order valence-electron chi connectivity index (χ3n) is 1.95. The van der Waals surface area contributed by atoms with E-state index in [0.29, 0.717) is 26.6 Å². The lowest BCUT2D eigenvalue weighted by Crippen LogP contribution is -1.92. The maximum absolute atomic E-state index is 6.07. The van der Waals surface area contributed by atoms with Crippen LogP contribution in [0.2, 0.25) is 10.0 Å². The van der Waals surface area contributed by atoms with Crippen LogP contribution in [0.15, 0.2) is 27.1 Å². The van der Waals surface area contributed by atoms with E-state index in [1.165, 1.54) is 11.3 Å². The standard InChI is InChI=1S/C10H7BrCl2N4S/c11-6-2-1-5(8(12)9(6)13)3-15-17-10-16-7(14)4-18-10/h1-4H,14H2,(H,16,17). The molecule has 0 aliphatic carbocycles. The van der Waals surface area contributed by atoms with Crippen molar-refractivity contribution < 1.29 is 0 Å². The van der Waals surface area contributed by atoms with Gasteiger partial charge in [0.05, 0.1) is 16.3 Å². The fraction of sp³-hybridized carbons (Fsp3) is 0. The maximum atomic E-state index is 6.07. The summed E-state index contributed by atoms with van der Waals surface area (Å²) in [5.74, 6) is 0.461. The number of hydrogen-bond donors (Lipinski definition) is 2. The Labute approximate surface area is 126 Å². The van der Waals surface area contributed by atoms with E-state index < -0.39 is 0 Å². The van der Waals surface area contributed by atoms with Crippen molar-refractivity contribution in [2.75, 3.05) is 11.2 Å². The number of hydrogen-bond acceptors (Lipinski definition) is 5. The van der Waals surface area contributed by atoms with E-state index in [1.54, 1.807) is 23.7 Å². The minimum atomic E-state index is 0.440. The molecule has 0 fully saturated rings. The van der Waals surface area contributed by atoms with Crippen molar-refractivity contribution in [3.8, 4) is 0 Å². The summed E-state index contributed by atoms with van der Waals surface area (Å²) in [5, 5.41) is 7.25. The largest absolute Gasteiger partial charge is 0.383 e. The Morgan fingerprint density at radius 1 is 1.39 bits per heavy atom. The predicted molar refractivity (Wildman–Crippen MR) is 81.9 cm³/mol. The second-order valence-corrected chi connectivity index (χ2v) is 5.68. The average Bonchev–Trinajstić information content (AvgIpc) is 2.75. The first-order chi connectivity index (χ1) is 8.58. The zero-order chi connectivity index (χ0) is 13.1. The topological polar surface area (TPSA) is 63.3 Å². The third kappa shape index (κ3) is 3.14. The van der Waals surface area contributed by atoms with Crippen molar-refractivity contribution in [1.82, 2.24) is 4.98 Å². The van der Waals surface area contributed by atoms with Gasteiger partial charge in [-0.15, -0.1) is 11.3 Å². The molecule has 3 N–H and O–H groups in total. The van der Waals surface area contributed by atoms with E-state index in [-0.39, 0.29) is 0 Å². The van der Waals surface area contributed by atoms with Gasteiger partial charge < -0.3 is 5.73 Å². The normalized spacial score (nSPS) is 11.1. The van der Waals surface area contributed by atoms with Crippen LogP contribution in [0.3, 0.4) is 0 Å². The fourth-order valence-electron chi connectivity index (χ4n) is 1.14. The molecule has 0 spiro atoms. The molecular formula is C10H7BrCl2N4S. The quantitative estimate of drug-likeness (QED) is 0.485. The second kappa shape index (κ2) is 5.88. The number of benzene rings is 1. The van der Waals surface area contributed by atoms with Crippen LogP contribution in [-0.4, -0.2) is 11.2 Å². The summed E-state index contributed by atoms with van der Waals surface area (Å²) >= 11 is 16.7. The Hall–Kier alpha value is -0.820. The highest BCUT2D eigenvalue weighted by molar-refractivity contribution is 9.10.